The minimum absolute atomic E-state index is 0.220. The summed E-state index contributed by atoms with van der Waals surface area (Å²) in [4.78, 5) is 14.6. The van der Waals surface area contributed by atoms with Gasteiger partial charge in [-0.25, -0.2) is 8.42 Å². The Morgan fingerprint density at radius 3 is 2.43 bits per heavy atom. The van der Waals surface area contributed by atoms with Crippen molar-refractivity contribution in [1.82, 2.24) is 4.31 Å². The van der Waals surface area contributed by atoms with Crippen LogP contribution >= 0.6 is 0 Å². The lowest BCUT2D eigenvalue weighted by Crippen LogP contribution is -2.35. The number of sulfonamides is 1. The van der Waals surface area contributed by atoms with E-state index in [1.54, 1.807) is 34.7 Å². The molecule has 1 aliphatic heterocycles. The van der Waals surface area contributed by atoms with Crippen LogP contribution in [0.1, 0.15) is 40.0 Å². The lowest BCUT2D eigenvalue weighted by molar-refractivity contribution is -0.111. The molecule has 6 nitrogen and oxygen atoms in total. The number of anilines is 2. The minimum atomic E-state index is -3.56. The lowest BCUT2D eigenvalue weighted by Gasteiger charge is -2.28. The number of nitrogens with one attached hydrogen (secondary N) is 1. The standard InChI is InChI=1S/C21H31N3O3S/c1-4-7-9-12-21(25)22-19-17-18(13-14-20(19)23(5-2)6-3)28(26,27)24-15-10-8-11-16-24/h4,7,9,12-14,17H,5-6,8,10-11,15-16H2,1-3H3,(H,22,25)/b7-4+,12-9+. The van der Waals surface area contributed by atoms with Crippen LogP contribution in [0.25, 0.3) is 0 Å². The Labute approximate surface area is 169 Å². The van der Waals surface area contributed by atoms with E-state index in [0.29, 0.717) is 18.8 Å². The van der Waals surface area contributed by atoms with Crippen molar-refractivity contribution in [3.63, 3.8) is 0 Å². The summed E-state index contributed by atoms with van der Waals surface area (Å²) >= 11 is 0. The van der Waals surface area contributed by atoms with Crippen LogP contribution in [0.4, 0.5) is 11.4 Å². The molecule has 1 aromatic rings. The monoisotopic (exact) mass is 405 g/mol. The molecule has 0 bridgehead atoms. The Morgan fingerprint density at radius 1 is 1.14 bits per heavy atom. The Hall–Kier alpha value is -2.12. The molecule has 1 saturated heterocycles. The van der Waals surface area contributed by atoms with Gasteiger partial charge in [-0.3, -0.25) is 4.79 Å². The van der Waals surface area contributed by atoms with Gasteiger partial charge < -0.3 is 10.2 Å². The highest BCUT2D eigenvalue weighted by molar-refractivity contribution is 7.89. The summed E-state index contributed by atoms with van der Waals surface area (Å²) in [6.07, 6.45) is 9.51. The van der Waals surface area contributed by atoms with E-state index in [0.717, 1.165) is 38.0 Å². The zero-order valence-corrected chi connectivity index (χ0v) is 17.8. The Kier molecular flexibility index (Phi) is 8.26. The highest BCUT2D eigenvalue weighted by atomic mass is 32.2. The molecular weight excluding hydrogens is 374 g/mol. The molecule has 0 spiro atoms. The maximum absolute atomic E-state index is 13.0. The lowest BCUT2D eigenvalue weighted by atomic mass is 10.2. The number of benzene rings is 1. The van der Waals surface area contributed by atoms with E-state index in [1.807, 2.05) is 26.8 Å². The van der Waals surface area contributed by atoms with Crippen molar-refractivity contribution < 1.29 is 13.2 Å². The summed E-state index contributed by atoms with van der Waals surface area (Å²) in [6.45, 7) is 8.54. The molecule has 0 aromatic heterocycles. The number of carbonyl (C=O) groups excluding carboxylic acids is 1. The molecule has 0 aliphatic carbocycles. The predicted molar refractivity (Wildman–Crippen MR) is 115 cm³/mol. The summed E-state index contributed by atoms with van der Waals surface area (Å²) in [7, 11) is -3.56. The van der Waals surface area contributed by atoms with E-state index in [4.69, 9.17) is 0 Å². The number of amides is 1. The van der Waals surface area contributed by atoms with Crippen molar-refractivity contribution in [2.45, 2.75) is 44.9 Å². The number of carbonyl (C=O) groups is 1. The molecule has 0 radical (unpaired) electrons. The smallest absolute Gasteiger partial charge is 0.248 e. The third-order valence-electron chi connectivity index (χ3n) is 4.83. The average molecular weight is 406 g/mol. The predicted octanol–water partition coefficient (Wildman–Crippen LogP) is 3.78. The van der Waals surface area contributed by atoms with Crippen LogP contribution in [0.2, 0.25) is 0 Å². The average Bonchev–Trinajstić information content (AvgIpc) is 2.70. The topological polar surface area (TPSA) is 69.7 Å². The Morgan fingerprint density at radius 2 is 1.82 bits per heavy atom. The molecule has 2 rings (SSSR count). The first-order valence-electron chi connectivity index (χ1n) is 9.93. The van der Waals surface area contributed by atoms with Crippen LogP contribution in [-0.4, -0.2) is 44.8 Å². The molecule has 1 fully saturated rings. The second kappa shape index (κ2) is 10.4. The molecule has 1 aromatic carbocycles. The summed E-state index contributed by atoms with van der Waals surface area (Å²) in [5.74, 6) is -0.293. The van der Waals surface area contributed by atoms with E-state index >= 15 is 0 Å². The maximum Gasteiger partial charge on any atom is 0.248 e. The quantitative estimate of drug-likeness (QED) is 0.528. The zero-order valence-electron chi connectivity index (χ0n) is 17.0. The van der Waals surface area contributed by atoms with E-state index in [1.165, 1.54) is 6.08 Å². The fraction of sp³-hybridized carbons (Fsp3) is 0.476. The Bertz CT molecular complexity index is 821. The van der Waals surface area contributed by atoms with Crippen molar-refractivity contribution >= 4 is 27.3 Å². The second-order valence-electron chi connectivity index (χ2n) is 6.69. The fourth-order valence-corrected chi connectivity index (χ4v) is 4.84. The van der Waals surface area contributed by atoms with Crippen molar-refractivity contribution in [3.8, 4) is 0 Å². The second-order valence-corrected chi connectivity index (χ2v) is 8.63. The van der Waals surface area contributed by atoms with Crippen molar-refractivity contribution in [2.75, 3.05) is 36.4 Å². The van der Waals surface area contributed by atoms with Gasteiger partial charge in [-0.05, 0) is 51.8 Å². The number of allylic oxidation sites excluding steroid dienone is 3. The van der Waals surface area contributed by atoms with E-state index in [2.05, 4.69) is 10.2 Å². The highest BCUT2D eigenvalue weighted by Crippen LogP contribution is 2.31. The van der Waals surface area contributed by atoms with Gasteiger partial charge in [0.2, 0.25) is 15.9 Å². The first-order chi connectivity index (χ1) is 13.4. The Balaban J connectivity index is 2.40. The number of hydrogen-bond donors (Lipinski definition) is 1. The number of nitrogens with zero attached hydrogens (tertiary/aromatic N) is 2. The van der Waals surface area contributed by atoms with Gasteiger partial charge in [0.05, 0.1) is 16.3 Å². The van der Waals surface area contributed by atoms with Gasteiger partial charge in [0, 0.05) is 32.3 Å². The van der Waals surface area contributed by atoms with Gasteiger partial charge >= 0.3 is 0 Å². The summed E-state index contributed by atoms with van der Waals surface area (Å²) in [5.41, 5.74) is 1.33. The van der Waals surface area contributed by atoms with Crippen LogP contribution in [0.3, 0.4) is 0 Å². The molecule has 154 valence electrons. The number of piperidine rings is 1. The van der Waals surface area contributed by atoms with Gasteiger partial charge in [-0.15, -0.1) is 0 Å². The largest absolute Gasteiger partial charge is 0.370 e. The normalized spacial score (nSPS) is 16.0. The van der Waals surface area contributed by atoms with Crippen molar-refractivity contribution in [1.29, 1.82) is 0 Å². The molecule has 1 aliphatic rings. The molecular formula is C21H31N3O3S. The first kappa shape index (κ1) is 22.2. The third-order valence-corrected chi connectivity index (χ3v) is 6.73. The molecule has 28 heavy (non-hydrogen) atoms. The summed E-state index contributed by atoms with van der Waals surface area (Å²) in [5, 5.41) is 2.85. The van der Waals surface area contributed by atoms with Crippen molar-refractivity contribution in [2.24, 2.45) is 0 Å². The third kappa shape index (κ3) is 5.45. The minimum Gasteiger partial charge on any atom is -0.370 e. The van der Waals surface area contributed by atoms with Crippen LogP contribution in [-0.2, 0) is 14.8 Å². The molecule has 1 N–H and O–H groups in total. The van der Waals surface area contributed by atoms with E-state index in [-0.39, 0.29) is 10.8 Å². The SMILES string of the molecule is C/C=C/C=C/C(=O)Nc1cc(S(=O)(=O)N2CCCCC2)ccc1N(CC)CC. The van der Waals surface area contributed by atoms with Gasteiger partial charge in [0.15, 0.2) is 0 Å². The van der Waals surface area contributed by atoms with Crippen molar-refractivity contribution in [3.05, 3.63) is 42.5 Å². The fourth-order valence-electron chi connectivity index (χ4n) is 3.30. The maximum atomic E-state index is 13.0. The zero-order chi connectivity index (χ0) is 20.6. The van der Waals surface area contributed by atoms with Crippen LogP contribution in [0.5, 0.6) is 0 Å². The van der Waals surface area contributed by atoms with Gasteiger partial charge in [-0.2, -0.15) is 4.31 Å². The van der Waals surface area contributed by atoms with Gasteiger partial charge in [0.25, 0.3) is 0 Å². The number of hydrogen-bond acceptors (Lipinski definition) is 4. The van der Waals surface area contributed by atoms with E-state index < -0.39 is 10.0 Å². The molecule has 0 atom stereocenters. The number of rotatable bonds is 8. The van der Waals surface area contributed by atoms with Gasteiger partial charge in [0.1, 0.15) is 0 Å². The van der Waals surface area contributed by atoms with Crippen LogP contribution in [0, 0.1) is 0 Å². The molecule has 7 heteroatoms. The molecule has 1 amide bonds. The van der Waals surface area contributed by atoms with E-state index in [9.17, 15) is 13.2 Å². The summed E-state index contributed by atoms with van der Waals surface area (Å²) < 4.78 is 27.6. The summed E-state index contributed by atoms with van der Waals surface area (Å²) in [6, 6.07) is 5.01. The van der Waals surface area contributed by atoms with Crippen LogP contribution in [0.15, 0.2) is 47.4 Å². The van der Waals surface area contributed by atoms with Crippen LogP contribution < -0.4 is 10.2 Å². The van der Waals surface area contributed by atoms with Gasteiger partial charge in [-0.1, -0.05) is 24.6 Å². The molecule has 0 unspecified atom stereocenters. The molecule has 1 heterocycles. The first-order valence-corrected chi connectivity index (χ1v) is 11.4. The molecule has 0 saturated carbocycles. The highest BCUT2D eigenvalue weighted by Gasteiger charge is 2.27.